The molecular formula is C22H34N4O2. The molecule has 3 heterocycles. The molecule has 0 aromatic carbocycles. The summed E-state index contributed by atoms with van der Waals surface area (Å²) in [5, 5.41) is 3.08. The van der Waals surface area contributed by atoms with Gasteiger partial charge in [-0.1, -0.05) is 19.4 Å². The number of carbonyl (C=O) groups excluding carboxylic acids is 2. The van der Waals surface area contributed by atoms with Gasteiger partial charge in [-0.25, -0.2) is 0 Å². The molecule has 1 atom stereocenters. The lowest BCUT2D eigenvalue weighted by Gasteiger charge is -2.42. The lowest BCUT2D eigenvalue weighted by Crippen LogP contribution is -2.51. The molecule has 154 valence electrons. The molecule has 2 aliphatic heterocycles. The van der Waals surface area contributed by atoms with Crippen molar-refractivity contribution in [3.63, 3.8) is 0 Å². The lowest BCUT2D eigenvalue weighted by molar-refractivity contribution is -0.133. The summed E-state index contributed by atoms with van der Waals surface area (Å²) < 4.78 is 0. The molecular weight excluding hydrogens is 352 g/mol. The minimum Gasteiger partial charge on any atom is -0.352 e. The number of hydrogen-bond acceptors (Lipinski definition) is 4. The van der Waals surface area contributed by atoms with Crippen LogP contribution in [-0.4, -0.2) is 58.8 Å². The molecule has 3 rings (SSSR count). The van der Waals surface area contributed by atoms with Crippen LogP contribution in [0.3, 0.4) is 0 Å². The quantitative estimate of drug-likeness (QED) is 0.782. The van der Waals surface area contributed by atoms with E-state index in [0.29, 0.717) is 24.9 Å². The number of pyridine rings is 1. The van der Waals surface area contributed by atoms with Crippen molar-refractivity contribution < 1.29 is 9.59 Å². The summed E-state index contributed by atoms with van der Waals surface area (Å²) in [4.78, 5) is 33.5. The van der Waals surface area contributed by atoms with Crippen molar-refractivity contribution in [2.75, 3.05) is 26.2 Å². The zero-order valence-electron chi connectivity index (χ0n) is 17.1. The Bertz CT molecular complexity index is 629. The number of amides is 2. The Morgan fingerprint density at radius 2 is 2.04 bits per heavy atom. The van der Waals surface area contributed by atoms with Crippen LogP contribution >= 0.6 is 0 Å². The van der Waals surface area contributed by atoms with Gasteiger partial charge in [0.25, 0.3) is 0 Å². The largest absolute Gasteiger partial charge is 0.352 e. The van der Waals surface area contributed by atoms with Crippen LogP contribution in [0, 0.1) is 5.92 Å². The van der Waals surface area contributed by atoms with Gasteiger partial charge in [-0.3, -0.25) is 19.5 Å². The molecule has 1 unspecified atom stereocenters. The fourth-order valence-electron chi connectivity index (χ4n) is 4.35. The topological polar surface area (TPSA) is 65.5 Å². The van der Waals surface area contributed by atoms with E-state index in [0.717, 1.165) is 70.3 Å². The molecule has 2 amide bonds. The number of rotatable bonds is 7. The first-order valence-corrected chi connectivity index (χ1v) is 10.9. The smallest absolute Gasteiger partial charge is 0.224 e. The number of carbonyl (C=O) groups is 2. The van der Waals surface area contributed by atoms with Crippen LogP contribution in [0.1, 0.15) is 57.4 Å². The van der Waals surface area contributed by atoms with Gasteiger partial charge in [0.05, 0.1) is 5.92 Å². The number of hydrogen-bond donors (Lipinski definition) is 1. The zero-order chi connectivity index (χ0) is 19.8. The molecule has 0 spiro atoms. The van der Waals surface area contributed by atoms with Crippen molar-refractivity contribution in [1.82, 2.24) is 20.1 Å². The van der Waals surface area contributed by atoms with E-state index >= 15 is 0 Å². The molecule has 28 heavy (non-hydrogen) atoms. The van der Waals surface area contributed by atoms with Crippen LogP contribution in [0.25, 0.3) is 0 Å². The minimum atomic E-state index is 0.0645. The third-order valence-electron chi connectivity index (χ3n) is 6.09. The first-order chi connectivity index (χ1) is 13.7. The number of likely N-dealkylation sites (tertiary alicyclic amines) is 2. The number of piperidine rings is 2. The van der Waals surface area contributed by atoms with E-state index in [-0.39, 0.29) is 11.8 Å². The Hall–Kier alpha value is -1.95. The lowest BCUT2D eigenvalue weighted by atomic mass is 9.93. The van der Waals surface area contributed by atoms with Crippen molar-refractivity contribution in [3.05, 3.63) is 30.1 Å². The number of nitrogens with one attached hydrogen (secondary N) is 1. The van der Waals surface area contributed by atoms with Crippen LogP contribution in [0.5, 0.6) is 0 Å². The first-order valence-electron chi connectivity index (χ1n) is 10.9. The highest BCUT2D eigenvalue weighted by atomic mass is 16.2. The molecule has 2 aliphatic rings. The van der Waals surface area contributed by atoms with E-state index in [1.54, 1.807) is 12.4 Å². The van der Waals surface area contributed by atoms with Gasteiger partial charge in [0.2, 0.25) is 11.8 Å². The highest BCUT2D eigenvalue weighted by Gasteiger charge is 2.32. The number of nitrogens with zero attached hydrogens (tertiary/aromatic N) is 3. The maximum atomic E-state index is 12.6. The molecule has 1 aromatic rings. The van der Waals surface area contributed by atoms with Crippen LogP contribution in [0.4, 0.5) is 0 Å². The summed E-state index contributed by atoms with van der Waals surface area (Å²) in [6, 6.07) is 4.38. The van der Waals surface area contributed by atoms with Crippen LogP contribution in [0.2, 0.25) is 0 Å². The van der Waals surface area contributed by atoms with Crippen molar-refractivity contribution >= 4 is 11.8 Å². The maximum absolute atomic E-state index is 12.6. The average molecular weight is 387 g/mol. The molecule has 0 bridgehead atoms. The van der Waals surface area contributed by atoms with Crippen LogP contribution in [0.15, 0.2) is 24.5 Å². The third kappa shape index (κ3) is 5.77. The molecule has 2 saturated heterocycles. The van der Waals surface area contributed by atoms with Gasteiger partial charge in [-0.15, -0.1) is 0 Å². The molecule has 0 aliphatic carbocycles. The first kappa shape index (κ1) is 20.8. The number of aromatic nitrogens is 1. The Kier molecular flexibility index (Phi) is 7.83. The summed E-state index contributed by atoms with van der Waals surface area (Å²) in [5.74, 6) is 0.530. The van der Waals surface area contributed by atoms with Gasteiger partial charge in [-0.05, 0) is 50.3 Å². The van der Waals surface area contributed by atoms with E-state index < -0.39 is 0 Å². The summed E-state index contributed by atoms with van der Waals surface area (Å²) in [6.07, 6.45) is 10.4. The second-order valence-corrected chi connectivity index (χ2v) is 8.13. The van der Waals surface area contributed by atoms with E-state index in [4.69, 9.17) is 0 Å². The van der Waals surface area contributed by atoms with Crippen LogP contribution < -0.4 is 5.32 Å². The van der Waals surface area contributed by atoms with E-state index in [2.05, 4.69) is 22.1 Å². The van der Waals surface area contributed by atoms with E-state index in [1.165, 1.54) is 0 Å². The van der Waals surface area contributed by atoms with Crippen molar-refractivity contribution in [2.45, 2.75) is 64.5 Å². The van der Waals surface area contributed by atoms with Gasteiger partial charge in [0, 0.05) is 51.0 Å². The van der Waals surface area contributed by atoms with E-state index in [9.17, 15) is 9.59 Å². The third-order valence-corrected chi connectivity index (χ3v) is 6.09. The predicted octanol–water partition coefficient (Wildman–Crippen LogP) is 2.59. The van der Waals surface area contributed by atoms with E-state index in [1.807, 2.05) is 17.0 Å². The highest BCUT2D eigenvalue weighted by molar-refractivity contribution is 5.79. The second kappa shape index (κ2) is 10.6. The average Bonchev–Trinajstić information content (AvgIpc) is 2.76. The van der Waals surface area contributed by atoms with Gasteiger partial charge in [0.1, 0.15) is 0 Å². The van der Waals surface area contributed by atoms with Gasteiger partial charge in [-0.2, -0.15) is 0 Å². The minimum absolute atomic E-state index is 0.0645. The predicted molar refractivity (Wildman–Crippen MR) is 110 cm³/mol. The molecule has 1 aromatic heterocycles. The Balaban J connectivity index is 1.43. The normalized spacial score (nSPS) is 21.5. The summed E-state index contributed by atoms with van der Waals surface area (Å²) in [5.41, 5.74) is 1.03. The van der Waals surface area contributed by atoms with Gasteiger partial charge < -0.3 is 10.2 Å². The molecule has 2 fully saturated rings. The maximum Gasteiger partial charge on any atom is 0.224 e. The molecule has 6 nitrogen and oxygen atoms in total. The zero-order valence-corrected chi connectivity index (χ0v) is 17.1. The summed E-state index contributed by atoms with van der Waals surface area (Å²) >= 11 is 0. The monoisotopic (exact) mass is 386 g/mol. The Labute approximate surface area is 168 Å². The van der Waals surface area contributed by atoms with Crippen molar-refractivity contribution in [3.8, 4) is 0 Å². The Morgan fingerprint density at radius 3 is 2.75 bits per heavy atom. The van der Waals surface area contributed by atoms with Crippen molar-refractivity contribution in [1.29, 1.82) is 0 Å². The summed E-state index contributed by atoms with van der Waals surface area (Å²) in [7, 11) is 0. The highest BCUT2D eigenvalue weighted by Crippen LogP contribution is 2.24. The molecule has 0 radical (unpaired) electrons. The fourth-order valence-corrected chi connectivity index (χ4v) is 4.35. The summed E-state index contributed by atoms with van der Waals surface area (Å²) in [6.45, 7) is 6.30. The second-order valence-electron chi connectivity index (χ2n) is 8.13. The molecule has 6 heteroatoms. The Morgan fingerprint density at radius 1 is 1.21 bits per heavy atom. The van der Waals surface area contributed by atoms with Gasteiger partial charge in [0.15, 0.2) is 0 Å². The standard InChI is InChI=1S/C22H34N4O2/c1-2-3-8-21(27)25-13-9-20(10-14-25)26-12-5-7-19(17-26)22(28)24-16-18-6-4-11-23-15-18/h4,6,11,15,19-20H,2-3,5,7-10,12-14,16-17H2,1H3,(H,24,28). The van der Waals surface area contributed by atoms with Crippen molar-refractivity contribution in [2.24, 2.45) is 5.92 Å². The number of unbranched alkanes of at least 4 members (excludes halogenated alkanes) is 1. The fraction of sp³-hybridized carbons (Fsp3) is 0.682. The SMILES string of the molecule is CCCCC(=O)N1CCC(N2CCCC(C(=O)NCc3cccnc3)C2)CC1. The molecule has 0 saturated carbocycles. The molecule has 1 N–H and O–H groups in total. The van der Waals surface area contributed by atoms with Gasteiger partial charge >= 0.3 is 0 Å². The van der Waals surface area contributed by atoms with Crippen LogP contribution in [-0.2, 0) is 16.1 Å².